The first-order valence-corrected chi connectivity index (χ1v) is 5.91. The fourth-order valence-electron chi connectivity index (χ4n) is 2.74. The van der Waals surface area contributed by atoms with Gasteiger partial charge in [-0.3, -0.25) is 9.69 Å². The average Bonchev–Trinajstić information content (AvgIpc) is 2.42. The zero-order valence-corrected chi connectivity index (χ0v) is 10.8. The highest BCUT2D eigenvalue weighted by Gasteiger charge is 2.41. The summed E-state index contributed by atoms with van der Waals surface area (Å²) in [6, 6.07) is 0.970. The van der Waals surface area contributed by atoms with Gasteiger partial charge in [0.25, 0.3) is 0 Å². The van der Waals surface area contributed by atoms with Gasteiger partial charge >= 0.3 is 0 Å². The Balaban J connectivity index is 2.93. The zero-order chi connectivity index (χ0) is 11.7. The first-order chi connectivity index (χ1) is 6.86. The van der Waals surface area contributed by atoms with E-state index in [1.165, 1.54) is 0 Å². The normalized spacial score (nSPS) is 28.1. The molecule has 1 unspecified atom stereocenters. The van der Waals surface area contributed by atoms with Crippen LogP contribution >= 0.6 is 0 Å². The van der Waals surface area contributed by atoms with Crippen molar-refractivity contribution < 1.29 is 4.79 Å². The van der Waals surface area contributed by atoms with Crippen LogP contribution in [0.5, 0.6) is 0 Å². The number of hydrogen-bond donors (Lipinski definition) is 0. The molecule has 1 aliphatic heterocycles. The largest absolute Gasteiger partial charge is 0.325 e. The third-order valence-corrected chi connectivity index (χ3v) is 3.19. The lowest BCUT2D eigenvalue weighted by Gasteiger charge is -2.36. The highest BCUT2D eigenvalue weighted by Crippen LogP contribution is 2.28. The maximum absolute atomic E-state index is 11.6. The number of rotatable bonds is 2. The van der Waals surface area contributed by atoms with Crippen molar-refractivity contribution >= 4 is 5.91 Å². The Bertz CT molecular complexity index is 238. The van der Waals surface area contributed by atoms with Gasteiger partial charge in [0, 0.05) is 25.6 Å². The van der Waals surface area contributed by atoms with Gasteiger partial charge < -0.3 is 4.90 Å². The lowest BCUT2D eigenvalue weighted by molar-refractivity contribution is -0.132. The summed E-state index contributed by atoms with van der Waals surface area (Å²) < 4.78 is 0. The molecule has 0 aromatic rings. The summed E-state index contributed by atoms with van der Waals surface area (Å²) in [5, 5.41) is 0. The van der Waals surface area contributed by atoms with Crippen LogP contribution in [-0.4, -0.2) is 40.5 Å². The van der Waals surface area contributed by atoms with Crippen molar-refractivity contribution in [3.63, 3.8) is 0 Å². The monoisotopic (exact) mass is 212 g/mol. The van der Waals surface area contributed by atoms with Gasteiger partial charge in [0.2, 0.25) is 5.91 Å². The van der Waals surface area contributed by atoms with E-state index in [0.717, 1.165) is 6.54 Å². The molecule has 15 heavy (non-hydrogen) atoms. The van der Waals surface area contributed by atoms with Crippen molar-refractivity contribution in [3.05, 3.63) is 0 Å². The minimum Gasteiger partial charge on any atom is -0.325 e. The summed E-state index contributed by atoms with van der Waals surface area (Å²) in [6.07, 6.45) is 0.275. The van der Waals surface area contributed by atoms with Crippen molar-refractivity contribution in [2.45, 2.75) is 59.8 Å². The topological polar surface area (TPSA) is 23.6 Å². The lowest BCUT2D eigenvalue weighted by atomic mass is 10.1. The van der Waals surface area contributed by atoms with Crippen LogP contribution in [0.15, 0.2) is 0 Å². The van der Waals surface area contributed by atoms with Crippen LogP contribution in [0.25, 0.3) is 0 Å². The molecule has 0 aromatic carbocycles. The first-order valence-electron chi connectivity index (χ1n) is 5.91. The minimum atomic E-state index is 0.198. The predicted octanol–water partition coefficient (Wildman–Crippen LogP) is 1.93. The van der Waals surface area contributed by atoms with Crippen LogP contribution in [0.4, 0.5) is 0 Å². The highest BCUT2D eigenvalue weighted by molar-refractivity contribution is 5.74. The molecule has 0 saturated carbocycles. The molecule has 1 saturated heterocycles. The fraction of sp³-hybridized carbons (Fsp3) is 0.917. The van der Waals surface area contributed by atoms with E-state index in [4.69, 9.17) is 0 Å². The van der Waals surface area contributed by atoms with E-state index in [1.54, 1.807) is 6.92 Å². The van der Waals surface area contributed by atoms with Crippen molar-refractivity contribution in [1.82, 2.24) is 9.80 Å². The zero-order valence-electron chi connectivity index (χ0n) is 10.8. The van der Waals surface area contributed by atoms with Gasteiger partial charge in [-0.1, -0.05) is 13.8 Å². The number of nitrogens with zero attached hydrogens (tertiary/aromatic N) is 2. The van der Waals surface area contributed by atoms with E-state index in [2.05, 4.69) is 39.5 Å². The van der Waals surface area contributed by atoms with E-state index in [9.17, 15) is 4.79 Å². The van der Waals surface area contributed by atoms with E-state index >= 15 is 0 Å². The second-order valence-corrected chi connectivity index (χ2v) is 5.22. The van der Waals surface area contributed by atoms with Gasteiger partial charge in [0.05, 0.1) is 6.17 Å². The molecule has 1 amide bonds. The molecule has 1 heterocycles. The Morgan fingerprint density at radius 2 is 1.80 bits per heavy atom. The minimum absolute atomic E-state index is 0.198. The third-order valence-electron chi connectivity index (χ3n) is 3.19. The molecule has 88 valence electrons. The number of hydrogen-bond acceptors (Lipinski definition) is 2. The summed E-state index contributed by atoms with van der Waals surface area (Å²) in [4.78, 5) is 16.0. The van der Waals surface area contributed by atoms with E-state index in [1.807, 2.05) is 4.90 Å². The van der Waals surface area contributed by atoms with Gasteiger partial charge in [0.15, 0.2) is 0 Å². The maximum Gasteiger partial charge on any atom is 0.220 e. The van der Waals surface area contributed by atoms with Crippen molar-refractivity contribution in [3.8, 4) is 0 Å². The molecule has 0 spiro atoms. The highest BCUT2D eigenvalue weighted by atomic mass is 16.2. The predicted molar refractivity (Wildman–Crippen MR) is 62.5 cm³/mol. The molecule has 1 rings (SSSR count). The fourth-order valence-corrected chi connectivity index (χ4v) is 2.74. The molecule has 3 nitrogen and oxygen atoms in total. The van der Waals surface area contributed by atoms with E-state index < -0.39 is 0 Å². The molecule has 0 aliphatic carbocycles. The Morgan fingerprint density at radius 3 is 2.13 bits per heavy atom. The van der Waals surface area contributed by atoms with Crippen LogP contribution in [0, 0.1) is 5.92 Å². The summed E-state index contributed by atoms with van der Waals surface area (Å²) in [7, 11) is 0. The quantitative estimate of drug-likeness (QED) is 0.698. The number of carbonyl (C=O) groups is 1. The molecular formula is C12H24N2O. The van der Waals surface area contributed by atoms with Gasteiger partial charge in [-0.05, 0) is 26.7 Å². The molecule has 2 atom stereocenters. The Morgan fingerprint density at radius 1 is 1.27 bits per heavy atom. The van der Waals surface area contributed by atoms with Crippen LogP contribution in [0.3, 0.4) is 0 Å². The van der Waals surface area contributed by atoms with Crippen LogP contribution < -0.4 is 0 Å². The van der Waals surface area contributed by atoms with Crippen LogP contribution in [0.2, 0.25) is 0 Å². The average molecular weight is 212 g/mol. The van der Waals surface area contributed by atoms with Gasteiger partial charge in [0.1, 0.15) is 0 Å². The number of carbonyl (C=O) groups excluding carboxylic acids is 1. The molecular weight excluding hydrogens is 188 g/mol. The van der Waals surface area contributed by atoms with Crippen LogP contribution in [0.1, 0.15) is 41.5 Å². The summed E-state index contributed by atoms with van der Waals surface area (Å²) in [6.45, 7) is 13.5. The third kappa shape index (κ3) is 2.33. The molecule has 0 N–H and O–H groups in total. The summed E-state index contributed by atoms with van der Waals surface area (Å²) in [5.74, 6) is 0.685. The molecule has 3 heteroatoms. The second kappa shape index (κ2) is 4.52. The molecule has 0 radical (unpaired) electrons. The lowest BCUT2D eigenvalue weighted by Crippen LogP contribution is -2.48. The second-order valence-electron chi connectivity index (χ2n) is 5.22. The maximum atomic E-state index is 11.6. The van der Waals surface area contributed by atoms with Crippen molar-refractivity contribution in [2.75, 3.05) is 6.54 Å². The van der Waals surface area contributed by atoms with Crippen LogP contribution in [-0.2, 0) is 4.79 Å². The first kappa shape index (κ1) is 12.5. The van der Waals surface area contributed by atoms with Crippen molar-refractivity contribution in [2.24, 2.45) is 5.92 Å². The van der Waals surface area contributed by atoms with E-state index in [-0.39, 0.29) is 12.1 Å². The molecule has 1 aliphatic rings. The smallest absolute Gasteiger partial charge is 0.220 e. The number of amides is 1. The van der Waals surface area contributed by atoms with Crippen molar-refractivity contribution in [1.29, 1.82) is 0 Å². The van der Waals surface area contributed by atoms with E-state index in [0.29, 0.717) is 18.0 Å². The Hall–Kier alpha value is -0.570. The summed E-state index contributed by atoms with van der Waals surface area (Å²) in [5.41, 5.74) is 0. The molecule has 0 aromatic heterocycles. The Kier molecular flexibility index (Phi) is 3.77. The van der Waals surface area contributed by atoms with Gasteiger partial charge in [-0.15, -0.1) is 0 Å². The SMILES string of the molecule is CC(=O)N1C[C@H](C)N(C(C)C)C1C(C)C. The van der Waals surface area contributed by atoms with Gasteiger partial charge in [-0.25, -0.2) is 0 Å². The standard InChI is InChI=1S/C12H24N2O/c1-8(2)12-13(11(6)15)7-10(5)14(12)9(3)4/h8-10,12H,7H2,1-6H3/t10-,12?/m0/s1. The molecule has 1 fully saturated rings. The Labute approximate surface area is 93.4 Å². The summed E-state index contributed by atoms with van der Waals surface area (Å²) >= 11 is 0. The molecule has 0 bridgehead atoms. The van der Waals surface area contributed by atoms with Gasteiger partial charge in [-0.2, -0.15) is 0 Å².